The van der Waals surface area contributed by atoms with Crippen molar-refractivity contribution in [2.75, 3.05) is 0 Å². The van der Waals surface area contributed by atoms with Gasteiger partial charge in [-0.3, -0.25) is 13.9 Å². The summed E-state index contributed by atoms with van der Waals surface area (Å²) in [5, 5.41) is 3.98. The van der Waals surface area contributed by atoms with E-state index in [4.69, 9.17) is 4.52 Å². The van der Waals surface area contributed by atoms with Gasteiger partial charge in [-0.05, 0) is 50.3 Å². The molecule has 0 spiro atoms. The fourth-order valence-corrected chi connectivity index (χ4v) is 5.15. The molecular formula is C22H28N4O5S. The van der Waals surface area contributed by atoms with E-state index < -0.39 is 26.8 Å². The third kappa shape index (κ3) is 4.42. The molecule has 1 fully saturated rings. The van der Waals surface area contributed by atoms with Gasteiger partial charge in [0.25, 0.3) is 5.56 Å². The minimum absolute atomic E-state index is 0.00163. The van der Waals surface area contributed by atoms with E-state index in [1.165, 1.54) is 22.8 Å². The maximum atomic E-state index is 13.3. The van der Waals surface area contributed by atoms with Crippen LogP contribution in [0.4, 0.5) is 0 Å². The predicted octanol–water partition coefficient (Wildman–Crippen LogP) is 2.38. The van der Waals surface area contributed by atoms with Crippen LogP contribution in [0.2, 0.25) is 0 Å². The lowest BCUT2D eigenvalue weighted by Gasteiger charge is -2.22. The Morgan fingerprint density at radius 3 is 2.41 bits per heavy atom. The quantitative estimate of drug-likeness (QED) is 0.604. The number of sulfonamides is 1. The predicted molar refractivity (Wildman–Crippen MR) is 120 cm³/mol. The molecule has 172 valence electrons. The topological polar surface area (TPSA) is 116 Å². The maximum Gasteiger partial charge on any atom is 0.331 e. The lowest BCUT2D eigenvalue weighted by molar-refractivity contribution is 0.332. The van der Waals surface area contributed by atoms with E-state index >= 15 is 0 Å². The zero-order chi connectivity index (χ0) is 23.5. The van der Waals surface area contributed by atoms with E-state index in [0.29, 0.717) is 23.5 Å². The number of nitrogens with one attached hydrogen (secondary N) is 1. The third-order valence-electron chi connectivity index (χ3n) is 5.51. The SMILES string of the molecule is Cc1cc(Cn2c(=O)c3cc(S(=O)(=O)NC4(C)CC4)ccc3n(CC(C)(C)C)c2=O)on1. The lowest BCUT2D eigenvalue weighted by Crippen LogP contribution is -2.42. The number of benzene rings is 1. The van der Waals surface area contributed by atoms with Gasteiger partial charge in [-0.1, -0.05) is 25.9 Å². The van der Waals surface area contributed by atoms with Gasteiger partial charge in [0.05, 0.1) is 28.0 Å². The number of rotatable bonds is 6. The largest absolute Gasteiger partial charge is 0.359 e. The van der Waals surface area contributed by atoms with Crippen molar-refractivity contribution in [1.82, 2.24) is 19.0 Å². The molecular weight excluding hydrogens is 432 g/mol. The molecule has 2 heterocycles. The second kappa shape index (κ2) is 7.41. The Hall–Kier alpha value is -2.72. The minimum atomic E-state index is -3.80. The molecule has 10 heteroatoms. The number of hydrogen-bond donors (Lipinski definition) is 1. The molecule has 32 heavy (non-hydrogen) atoms. The normalized spacial score (nSPS) is 15.9. The molecule has 0 radical (unpaired) electrons. The van der Waals surface area contributed by atoms with Gasteiger partial charge in [-0.15, -0.1) is 0 Å². The Morgan fingerprint density at radius 2 is 1.84 bits per heavy atom. The van der Waals surface area contributed by atoms with Crippen LogP contribution in [0.15, 0.2) is 43.3 Å². The summed E-state index contributed by atoms with van der Waals surface area (Å²) in [5.41, 5.74) is -0.712. The summed E-state index contributed by atoms with van der Waals surface area (Å²) in [6.07, 6.45) is 1.54. The van der Waals surface area contributed by atoms with Crippen LogP contribution in [-0.4, -0.2) is 28.2 Å². The highest BCUT2D eigenvalue weighted by atomic mass is 32.2. The third-order valence-corrected chi connectivity index (χ3v) is 7.15. The van der Waals surface area contributed by atoms with Crippen LogP contribution in [0.3, 0.4) is 0 Å². The molecule has 9 nitrogen and oxygen atoms in total. The van der Waals surface area contributed by atoms with Gasteiger partial charge in [-0.25, -0.2) is 17.9 Å². The van der Waals surface area contributed by atoms with E-state index in [9.17, 15) is 18.0 Å². The summed E-state index contributed by atoms with van der Waals surface area (Å²) >= 11 is 0. The van der Waals surface area contributed by atoms with Crippen molar-refractivity contribution in [2.24, 2.45) is 5.41 Å². The molecule has 4 rings (SSSR count). The monoisotopic (exact) mass is 460 g/mol. The molecule has 0 aliphatic heterocycles. The molecule has 1 aromatic carbocycles. The van der Waals surface area contributed by atoms with Crippen molar-refractivity contribution in [2.45, 2.75) is 71.0 Å². The van der Waals surface area contributed by atoms with Crippen LogP contribution >= 0.6 is 0 Å². The molecule has 0 saturated heterocycles. The molecule has 0 bridgehead atoms. The summed E-state index contributed by atoms with van der Waals surface area (Å²) in [4.78, 5) is 26.6. The van der Waals surface area contributed by atoms with Crippen molar-refractivity contribution in [3.05, 3.63) is 56.6 Å². The number of nitrogens with zero attached hydrogens (tertiary/aromatic N) is 3. The molecule has 1 N–H and O–H groups in total. The standard InChI is InChI=1S/C22H28N4O5S/c1-14-10-15(31-23-14)12-25-19(27)17-11-16(32(29,30)24-22(5)8-9-22)6-7-18(17)26(20(25)28)13-21(2,3)4/h6-7,10-11,24H,8-9,12-13H2,1-5H3. The highest BCUT2D eigenvalue weighted by molar-refractivity contribution is 7.89. The Bertz CT molecular complexity index is 1420. The van der Waals surface area contributed by atoms with Crippen molar-refractivity contribution in [1.29, 1.82) is 0 Å². The molecule has 2 aromatic heterocycles. The van der Waals surface area contributed by atoms with Crippen molar-refractivity contribution in [3.63, 3.8) is 0 Å². The Kier molecular flexibility index (Phi) is 5.21. The van der Waals surface area contributed by atoms with Gasteiger partial charge in [0.15, 0.2) is 5.76 Å². The zero-order valence-electron chi connectivity index (χ0n) is 18.9. The van der Waals surface area contributed by atoms with Gasteiger partial charge < -0.3 is 4.52 Å². The van der Waals surface area contributed by atoms with Gasteiger partial charge in [0.2, 0.25) is 10.0 Å². The maximum absolute atomic E-state index is 13.3. The van der Waals surface area contributed by atoms with Gasteiger partial charge in [0.1, 0.15) is 0 Å². The molecule has 0 amide bonds. The number of aromatic nitrogens is 3. The number of aryl methyl sites for hydroxylation is 1. The first-order chi connectivity index (χ1) is 14.8. The summed E-state index contributed by atoms with van der Waals surface area (Å²) in [7, 11) is -3.80. The molecule has 0 atom stereocenters. The number of hydrogen-bond acceptors (Lipinski definition) is 6. The van der Waals surface area contributed by atoms with Crippen LogP contribution < -0.4 is 16.0 Å². The highest BCUT2D eigenvalue weighted by Gasteiger charge is 2.41. The number of fused-ring (bicyclic) bond motifs is 1. The van der Waals surface area contributed by atoms with E-state index in [1.807, 2.05) is 27.7 Å². The molecule has 1 aliphatic carbocycles. The summed E-state index contributed by atoms with van der Waals surface area (Å²) in [6.45, 7) is 9.81. The van der Waals surface area contributed by atoms with Gasteiger partial charge in [-0.2, -0.15) is 0 Å². The van der Waals surface area contributed by atoms with Crippen molar-refractivity contribution < 1.29 is 12.9 Å². The van der Waals surface area contributed by atoms with E-state index in [1.54, 1.807) is 13.0 Å². The Labute approximate surface area is 186 Å². The van der Waals surface area contributed by atoms with E-state index in [2.05, 4.69) is 9.88 Å². The van der Waals surface area contributed by atoms with Crippen LogP contribution in [-0.2, 0) is 23.1 Å². The second-order valence-corrected chi connectivity index (χ2v) is 11.8. The molecule has 3 aromatic rings. The zero-order valence-corrected chi connectivity index (χ0v) is 19.7. The second-order valence-electron chi connectivity index (χ2n) is 10.1. The summed E-state index contributed by atoms with van der Waals surface area (Å²) in [5.74, 6) is 0.371. The molecule has 1 aliphatic rings. The van der Waals surface area contributed by atoms with E-state index in [-0.39, 0.29) is 22.2 Å². The smallest absolute Gasteiger partial charge is 0.331 e. The summed E-state index contributed by atoms with van der Waals surface area (Å²) < 4.78 is 36.3. The summed E-state index contributed by atoms with van der Waals surface area (Å²) in [6, 6.07) is 5.99. The van der Waals surface area contributed by atoms with Crippen LogP contribution in [0, 0.1) is 12.3 Å². The Balaban J connectivity index is 1.92. The lowest BCUT2D eigenvalue weighted by atomic mass is 9.96. The minimum Gasteiger partial charge on any atom is -0.359 e. The first-order valence-corrected chi connectivity index (χ1v) is 12.0. The van der Waals surface area contributed by atoms with Crippen LogP contribution in [0.1, 0.15) is 52.0 Å². The first kappa shape index (κ1) is 22.5. The van der Waals surface area contributed by atoms with Gasteiger partial charge in [0, 0.05) is 18.2 Å². The van der Waals surface area contributed by atoms with Gasteiger partial charge >= 0.3 is 5.69 Å². The van der Waals surface area contributed by atoms with E-state index in [0.717, 1.165) is 17.4 Å². The Morgan fingerprint density at radius 1 is 1.16 bits per heavy atom. The van der Waals surface area contributed by atoms with Crippen molar-refractivity contribution in [3.8, 4) is 0 Å². The molecule has 0 unspecified atom stereocenters. The van der Waals surface area contributed by atoms with Crippen LogP contribution in [0.25, 0.3) is 10.9 Å². The highest BCUT2D eigenvalue weighted by Crippen LogP contribution is 2.36. The average Bonchev–Trinajstić information content (AvgIpc) is 3.25. The van der Waals surface area contributed by atoms with Crippen molar-refractivity contribution >= 4 is 20.9 Å². The fourth-order valence-electron chi connectivity index (χ4n) is 3.66. The first-order valence-electron chi connectivity index (χ1n) is 10.5. The van der Waals surface area contributed by atoms with Crippen LogP contribution in [0.5, 0.6) is 0 Å². The fraction of sp³-hybridized carbons (Fsp3) is 0.500. The molecule has 1 saturated carbocycles. The average molecular weight is 461 g/mol.